The molecule has 0 aliphatic carbocycles. The monoisotopic (exact) mass is 340 g/mol. The van der Waals surface area contributed by atoms with Crippen LogP contribution in [0.1, 0.15) is 41.8 Å². The van der Waals surface area contributed by atoms with E-state index < -0.39 is 5.60 Å². The Bertz CT molecular complexity index is 709. The predicted molar refractivity (Wildman–Crippen MR) is 96.9 cm³/mol. The molecule has 132 valence electrons. The van der Waals surface area contributed by atoms with Crippen LogP contribution >= 0.6 is 0 Å². The van der Waals surface area contributed by atoms with E-state index in [9.17, 15) is 14.7 Å². The number of amides is 2. The molecule has 0 saturated heterocycles. The first kappa shape index (κ1) is 18.7. The standard InChI is InChI=1S/C20H24N2O3/c1-3-21-19(24)16-11-9-15(10-12-16)14-22-18(23)13-20(2,25)17-7-5-4-6-8-17/h4-12,25H,3,13-14H2,1-2H3,(H,21,24)(H,22,23). The summed E-state index contributed by atoms with van der Waals surface area (Å²) in [6.07, 6.45) is -0.0198. The highest BCUT2D eigenvalue weighted by Crippen LogP contribution is 2.23. The van der Waals surface area contributed by atoms with E-state index >= 15 is 0 Å². The van der Waals surface area contributed by atoms with E-state index in [2.05, 4.69) is 10.6 Å². The topological polar surface area (TPSA) is 78.4 Å². The van der Waals surface area contributed by atoms with Gasteiger partial charge in [0.15, 0.2) is 0 Å². The Morgan fingerprint density at radius 1 is 1.00 bits per heavy atom. The highest BCUT2D eigenvalue weighted by molar-refractivity contribution is 5.94. The zero-order valence-corrected chi connectivity index (χ0v) is 14.6. The van der Waals surface area contributed by atoms with Gasteiger partial charge in [0.05, 0.1) is 12.0 Å². The van der Waals surface area contributed by atoms with Crippen LogP contribution in [0.5, 0.6) is 0 Å². The quantitative estimate of drug-likeness (QED) is 0.724. The normalized spacial score (nSPS) is 12.9. The largest absolute Gasteiger partial charge is 0.385 e. The molecule has 5 heteroatoms. The fourth-order valence-electron chi connectivity index (χ4n) is 2.51. The van der Waals surface area contributed by atoms with Crippen molar-refractivity contribution in [3.05, 3.63) is 71.3 Å². The lowest BCUT2D eigenvalue weighted by Gasteiger charge is -2.23. The number of carbonyl (C=O) groups is 2. The third-order valence-electron chi connectivity index (χ3n) is 3.94. The van der Waals surface area contributed by atoms with E-state index in [0.29, 0.717) is 24.2 Å². The molecule has 0 spiro atoms. The summed E-state index contributed by atoms with van der Waals surface area (Å²) < 4.78 is 0. The molecule has 0 fully saturated rings. The Morgan fingerprint density at radius 3 is 2.24 bits per heavy atom. The van der Waals surface area contributed by atoms with Gasteiger partial charge in [-0.2, -0.15) is 0 Å². The fraction of sp³-hybridized carbons (Fsp3) is 0.300. The molecule has 2 rings (SSSR count). The van der Waals surface area contributed by atoms with Crippen molar-refractivity contribution in [1.29, 1.82) is 0 Å². The number of aliphatic hydroxyl groups is 1. The van der Waals surface area contributed by atoms with E-state index in [1.54, 1.807) is 43.3 Å². The summed E-state index contributed by atoms with van der Waals surface area (Å²) in [4.78, 5) is 23.8. The van der Waals surface area contributed by atoms with Crippen LogP contribution in [-0.4, -0.2) is 23.5 Å². The predicted octanol–water partition coefficient (Wildman–Crippen LogP) is 2.35. The van der Waals surface area contributed by atoms with E-state index in [-0.39, 0.29) is 18.2 Å². The van der Waals surface area contributed by atoms with Gasteiger partial charge in [-0.1, -0.05) is 42.5 Å². The van der Waals surface area contributed by atoms with Crippen LogP contribution < -0.4 is 10.6 Å². The van der Waals surface area contributed by atoms with Crippen molar-refractivity contribution in [2.45, 2.75) is 32.4 Å². The molecule has 2 amide bonds. The van der Waals surface area contributed by atoms with Crippen molar-refractivity contribution >= 4 is 11.8 Å². The molecule has 5 nitrogen and oxygen atoms in total. The van der Waals surface area contributed by atoms with Gasteiger partial charge in [-0.25, -0.2) is 0 Å². The van der Waals surface area contributed by atoms with Crippen molar-refractivity contribution in [3.63, 3.8) is 0 Å². The molecule has 0 radical (unpaired) electrons. The molecule has 0 aliphatic rings. The highest BCUT2D eigenvalue weighted by Gasteiger charge is 2.26. The summed E-state index contributed by atoms with van der Waals surface area (Å²) in [6, 6.07) is 16.2. The van der Waals surface area contributed by atoms with Gasteiger partial charge in [0.1, 0.15) is 0 Å². The molecular formula is C20H24N2O3. The van der Waals surface area contributed by atoms with Crippen LogP contribution in [0.15, 0.2) is 54.6 Å². The number of carbonyl (C=O) groups excluding carboxylic acids is 2. The summed E-state index contributed by atoms with van der Waals surface area (Å²) in [7, 11) is 0. The molecule has 0 heterocycles. The van der Waals surface area contributed by atoms with Crippen LogP contribution in [0, 0.1) is 0 Å². The van der Waals surface area contributed by atoms with Gasteiger partial charge < -0.3 is 15.7 Å². The highest BCUT2D eigenvalue weighted by atomic mass is 16.3. The number of hydrogen-bond donors (Lipinski definition) is 3. The second-order valence-corrected chi connectivity index (χ2v) is 6.15. The molecule has 0 bridgehead atoms. The van der Waals surface area contributed by atoms with Crippen molar-refractivity contribution in [2.24, 2.45) is 0 Å². The average Bonchev–Trinajstić information content (AvgIpc) is 2.61. The summed E-state index contributed by atoms with van der Waals surface area (Å²) in [5.41, 5.74) is 0.967. The van der Waals surface area contributed by atoms with E-state index in [0.717, 1.165) is 5.56 Å². The number of nitrogens with one attached hydrogen (secondary N) is 2. The lowest BCUT2D eigenvalue weighted by molar-refractivity contribution is -0.126. The van der Waals surface area contributed by atoms with Crippen LogP contribution in [-0.2, 0) is 16.9 Å². The van der Waals surface area contributed by atoms with Gasteiger partial charge in [0.2, 0.25) is 5.91 Å². The average molecular weight is 340 g/mol. The number of rotatable bonds is 7. The molecule has 2 aromatic rings. The number of benzene rings is 2. The van der Waals surface area contributed by atoms with Gasteiger partial charge in [0, 0.05) is 18.7 Å². The second-order valence-electron chi connectivity index (χ2n) is 6.15. The third kappa shape index (κ3) is 5.43. The SMILES string of the molecule is CCNC(=O)c1ccc(CNC(=O)CC(C)(O)c2ccccc2)cc1. The number of hydrogen-bond acceptors (Lipinski definition) is 3. The Morgan fingerprint density at radius 2 is 1.64 bits per heavy atom. The molecule has 25 heavy (non-hydrogen) atoms. The minimum atomic E-state index is -1.21. The Kier molecular flexibility index (Phi) is 6.31. The molecule has 2 aromatic carbocycles. The maximum Gasteiger partial charge on any atom is 0.251 e. The van der Waals surface area contributed by atoms with Crippen LogP contribution in [0.25, 0.3) is 0 Å². The lowest BCUT2D eigenvalue weighted by atomic mass is 9.92. The first-order chi connectivity index (χ1) is 11.9. The maximum atomic E-state index is 12.1. The van der Waals surface area contributed by atoms with Gasteiger partial charge in [-0.05, 0) is 37.1 Å². The van der Waals surface area contributed by atoms with Crippen LogP contribution in [0.4, 0.5) is 0 Å². The molecule has 0 aromatic heterocycles. The van der Waals surface area contributed by atoms with Gasteiger partial charge in [-0.15, -0.1) is 0 Å². The smallest absolute Gasteiger partial charge is 0.251 e. The minimum absolute atomic E-state index is 0.0198. The summed E-state index contributed by atoms with van der Waals surface area (Å²) in [5, 5.41) is 16.0. The minimum Gasteiger partial charge on any atom is -0.385 e. The zero-order chi connectivity index (χ0) is 18.3. The summed E-state index contributed by atoms with van der Waals surface area (Å²) >= 11 is 0. The second kappa shape index (κ2) is 8.44. The van der Waals surface area contributed by atoms with E-state index in [4.69, 9.17) is 0 Å². The van der Waals surface area contributed by atoms with E-state index in [1.165, 1.54) is 0 Å². The van der Waals surface area contributed by atoms with Crippen LogP contribution in [0.3, 0.4) is 0 Å². The molecule has 0 aliphatic heterocycles. The van der Waals surface area contributed by atoms with Crippen molar-refractivity contribution in [1.82, 2.24) is 10.6 Å². The fourth-order valence-corrected chi connectivity index (χ4v) is 2.51. The van der Waals surface area contributed by atoms with Gasteiger partial charge in [-0.3, -0.25) is 9.59 Å². The van der Waals surface area contributed by atoms with Crippen LogP contribution in [0.2, 0.25) is 0 Å². The van der Waals surface area contributed by atoms with Gasteiger partial charge >= 0.3 is 0 Å². The van der Waals surface area contributed by atoms with Gasteiger partial charge in [0.25, 0.3) is 5.91 Å². The van der Waals surface area contributed by atoms with Crippen molar-refractivity contribution < 1.29 is 14.7 Å². The summed E-state index contributed by atoms with van der Waals surface area (Å²) in [5.74, 6) is -0.348. The Labute approximate surface area is 148 Å². The summed E-state index contributed by atoms with van der Waals surface area (Å²) in [6.45, 7) is 4.42. The van der Waals surface area contributed by atoms with E-state index in [1.807, 2.05) is 25.1 Å². The maximum absolute atomic E-state index is 12.1. The molecular weight excluding hydrogens is 316 g/mol. The van der Waals surface area contributed by atoms with Crippen molar-refractivity contribution in [3.8, 4) is 0 Å². The first-order valence-corrected chi connectivity index (χ1v) is 8.34. The first-order valence-electron chi connectivity index (χ1n) is 8.34. The molecule has 3 N–H and O–H groups in total. The molecule has 0 saturated carbocycles. The Hall–Kier alpha value is -2.66. The third-order valence-corrected chi connectivity index (χ3v) is 3.94. The Balaban J connectivity index is 1.88. The molecule has 1 atom stereocenters. The van der Waals surface area contributed by atoms with Crippen molar-refractivity contribution in [2.75, 3.05) is 6.54 Å². The zero-order valence-electron chi connectivity index (χ0n) is 14.6. The molecule has 1 unspecified atom stereocenters. The lowest BCUT2D eigenvalue weighted by Crippen LogP contribution is -2.32.